The number of nitrogens with zero attached hydrogens (tertiary/aromatic N) is 1. The maximum atomic E-state index is 13.3. The molecule has 8 heteroatoms. The molecular formula is C24H24FNO6. The molecular weight excluding hydrogens is 417 g/mol. The minimum absolute atomic E-state index is 0.212. The molecule has 0 unspecified atom stereocenters. The molecule has 0 atom stereocenters. The van der Waals surface area contributed by atoms with E-state index in [9.17, 15) is 14.0 Å². The van der Waals surface area contributed by atoms with E-state index in [0.29, 0.717) is 23.6 Å². The van der Waals surface area contributed by atoms with Gasteiger partial charge in [-0.1, -0.05) is 12.1 Å². The van der Waals surface area contributed by atoms with Crippen molar-refractivity contribution in [3.8, 4) is 11.5 Å². The van der Waals surface area contributed by atoms with Crippen molar-refractivity contribution in [2.75, 3.05) is 28.4 Å². The molecule has 0 saturated carbocycles. The minimum atomic E-state index is -0.815. The lowest BCUT2D eigenvalue weighted by atomic mass is 9.82. The maximum Gasteiger partial charge on any atom is 0.336 e. The van der Waals surface area contributed by atoms with Crippen LogP contribution in [0, 0.1) is 5.82 Å². The van der Waals surface area contributed by atoms with Crippen molar-refractivity contribution in [2.45, 2.75) is 12.5 Å². The van der Waals surface area contributed by atoms with Crippen LogP contribution in [-0.2, 0) is 25.6 Å². The van der Waals surface area contributed by atoms with E-state index in [1.165, 1.54) is 40.6 Å². The molecule has 0 N–H and O–H groups in total. The Balaban J connectivity index is 2.14. The Bertz CT molecular complexity index is 1030. The summed E-state index contributed by atoms with van der Waals surface area (Å²) >= 11 is 0. The largest absolute Gasteiger partial charge is 0.497 e. The second kappa shape index (κ2) is 10.00. The average Bonchev–Trinajstić information content (AvgIpc) is 2.83. The van der Waals surface area contributed by atoms with Crippen molar-refractivity contribution in [2.24, 2.45) is 0 Å². The Morgan fingerprint density at radius 3 is 1.97 bits per heavy atom. The molecule has 0 aliphatic carbocycles. The molecule has 2 aromatic carbocycles. The minimum Gasteiger partial charge on any atom is -0.497 e. The van der Waals surface area contributed by atoms with Crippen LogP contribution in [0.4, 0.5) is 4.39 Å². The number of carbonyl (C=O) groups is 2. The lowest BCUT2D eigenvalue weighted by molar-refractivity contribution is -0.137. The van der Waals surface area contributed by atoms with Gasteiger partial charge in [0, 0.05) is 24.5 Å². The van der Waals surface area contributed by atoms with Crippen LogP contribution in [0.1, 0.15) is 17.0 Å². The predicted molar refractivity (Wildman–Crippen MR) is 114 cm³/mol. The Morgan fingerprint density at radius 1 is 0.875 bits per heavy atom. The predicted octanol–water partition coefficient (Wildman–Crippen LogP) is 3.56. The van der Waals surface area contributed by atoms with Crippen LogP contribution in [0.2, 0.25) is 0 Å². The van der Waals surface area contributed by atoms with Crippen LogP contribution in [-0.4, -0.2) is 45.3 Å². The molecule has 2 aromatic rings. The molecule has 32 heavy (non-hydrogen) atoms. The number of methoxy groups -OCH3 is 4. The number of halogens is 1. The first kappa shape index (κ1) is 22.9. The molecule has 1 aliphatic rings. The SMILES string of the molecule is COC(=O)C1=CN(Cc2ccc(F)cc2)C=C(C(=O)OC)C1c1cc(OC)ccc1OC. The number of carbonyl (C=O) groups excluding carboxylic acids is 2. The van der Waals surface area contributed by atoms with Crippen LogP contribution >= 0.6 is 0 Å². The van der Waals surface area contributed by atoms with E-state index in [0.717, 1.165) is 5.56 Å². The summed E-state index contributed by atoms with van der Waals surface area (Å²) in [5.74, 6) is -1.40. The molecule has 0 aromatic heterocycles. The van der Waals surface area contributed by atoms with E-state index >= 15 is 0 Å². The summed E-state index contributed by atoms with van der Waals surface area (Å²) in [5.41, 5.74) is 1.75. The van der Waals surface area contributed by atoms with Gasteiger partial charge in [0.05, 0.1) is 45.5 Å². The van der Waals surface area contributed by atoms with Gasteiger partial charge in [-0.3, -0.25) is 0 Å². The quantitative estimate of drug-likeness (QED) is 0.609. The Labute approximate surface area is 185 Å². The molecule has 0 spiro atoms. The van der Waals surface area contributed by atoms with Crippen molar-refractivity contribution in [3.63, 3.8) is 0 Å². The van der Waals surface area contributed by atoms with Gasteiger partial charge in [-0.2, -0.15) is 0 Å². The van der Waals surface area contributed by atoms with E-state index in [1.54, 1.807) is 47.6 Å². The number of benzene rings is 2. The van der Waals surface area contributed by atoms with Gasteiger partial charge < -0.3 is 23.8 Å². The third kappa shape index (κ3) is 4.74. The van der Waals surface area contributed by atoms with E-state index in [2.05, 4.69) is 0 Å². The summed E-state index contributed by atoms with van der Waals surface area (Å²) in [4.78, 5) is 27.2. The van der Waals surface area contributed by atoms with E-state index < -0.39 is 17.9 Å². The van der Waals surface area contributed by atoms with Crippen molar-refractivity contribution in [1.82, 2.24) is 4.90 Å². The van der Waals surface area contributed by atoms with Gasteiger partial charge in [0.2, 0.25) is 0 Å². The monoisotopic (exact) mass is 441 g/mol. The van der Waals surface area contributed by atoms with Crippen molar-refractivity contribution in [1.29, 1.82) is 0 Å². The Kier molecular flexibility index (Phi) is 7.14. The molecule has 0 bridgehead atoms. The summed E-state index contributed by atoms with van der Waals surface area (Å²) in [5, 5.41) is 0. The fourth-order valence-electron chi connectivity index (χ4n) is 3.58. The average molecular weight is 441 g/mol. The number of esters is 2. The third-order valence-corrected chi connectivity index (χ3v) is 5.10. The van der Waals surface area contributed by atoms with Crippen LogP contribution < -0.4 is 9.47 Å². The fraction of sp³-hybridized carbons (Fsp3) is 0.250. The number of hydrogen-bond donors (Lipinski definition) is 0. The summed E-state index contributed by atoms with van der Waals surface area (Å²) in [6.07, 6.45) is 3.20. The van der Waals surface area contributed by atoms with Gasteiger partial charge in [-0.15, -0.1) is 0 Å². The van der Waals surface area contributed by atoms with Gasteiger partial charge in [-0.25, -0.2) is 14.0 Å². The maximum absolute atomic E-state index is 13.3. The zero-order chi connectivity index (χ0) is 23.3. The zero-order valence-electron chi connectivity index (χ0n) is 18.3. The fourth-order valence-corrected chi connectivity index (χ4v) is 3.58. The number of rotatable bonds is 7. The van der Waals surface area contributed by atoms with Crippen molar-refractivity contribution < 1.29 is 32.9 Å². The van der Waals surface area contributed by atoms with E-state index in [-0.39, 0.29) is 17.0 Å². The van der Waals surface area contributed by atoms with Gasteiger partial charge in [0.15, 0.2) is 0 Å². The topological polar surface area (TPSA) is 74.3 Å². The normalized spacial score (nSPS) is 13.7. The Hall–Kier alpha value is -3.81. The second-order valence-electron chi connectivity index (χ2n) is 6.99. The first-order valence-electron chi connectivity index (χ1n) is 9.74. The van der Waals surface area contributed by atoms with Gasteiger partial charge in [0.1, 0.15) is 17.3 Å². The highest BCUT2D eigenvalue weighted by Crippen LogP contribution is 2.42. The molecule has 0 fully saturated rings. The first-order valence-corrected chi connectivity index (χ1v) is 9.74. The first-order chi connectivity index (χ1) is 15.4. The molecule has 0 amide bonds. The summed E-state index contributed by atoms with van der Waals surface area (Å²) in [6.45, 7) is 0.295. The lowest BCUT2D eigenvalue weighted by Crippen LogP contribution is -2.29. The van der Waals surface area contributed by atoms with Crippen LogP contribution in [0.15, 0.2) is 66.0 Å². The Morgan fingerprint density at radius 2 is 1.47 bits per heavy atom. The van der Waals surface area contributed by atoms with Crippen molar-refractivity contribution >= 4 is 11.9 Å². The molecule has 168 valence electrons. The number of hydrogen-bond acceptors (Lipinski definition) is 7. The summed E-state index contributed by atoms with van der Waals surface area (Å²) < 4.78 is 34.1. The van der Waals surface area contributed by atoms with Crippen LogP contribution in [0.5, 0.6) is 11.5 Å². The zero-order valence-corrected chi connectivity index (χ0v) is 18.3. The van der Waals surface area contributed by atoms with Gasteiger partial charge >= 0.3 is 11.9 Å². The standard InChI is InChI=1S/C24H24FNO6/c1-29-17-9-10-21(30-2)18(11-17)22-19(23(27)31-3)13-26(14-20(22)24(28)32-4)12-15-5-7-16(25)8-6-15/h5-11,13-14,22H,12H2,1-4H3. The number of ether oxygens (including phenoxy) is 4. The summed E-state index contributed by atoms with van der Waals surface area (Å²) in [6, 6.07) is 11.1. The van der Waals surface area contributed by atoms with Crippen LogP contribution in [0.25, 0.3) is 0 Å². The van der Waals surface area contributed by atoms with Gasteiger partial charge in [-0.05, 0) is 35.9 Å². The third-order valence-electron chi connectivity index (χ3n) is 5.10. The summed E-state index contributed by atoms with van der Waals surface area (Å²) in [7, 11) is 5.55. The second-order valence-corrected chi connectivity index (χ2v) is 6.99. The molecule has 3 rings (SSSR count). The lowest BCUT2D eigenvalue weighted by Gasteiger charge is -2.31. The molecule has 1 aliphatic heterocycles. The molecule has 7 nitrogen and oxygen atoms in total. The highest BCUT2D eigenvalue weighted by Gasteiger charge is 2.37. The molecule has 1 heterocycles. The smallest absolute Gasteiger partial charge is 0.336 e. The van der Waals surface area contributed by atoms with E-state index in [1.807, 2.05) is 0 Å². The molecule has 0 radical (unpaired) electrons. The molecule has 0 saturated heterocycles. The highest BCUT2D eigenvalue weighted by molar-refractivity contribution is 5.98. The highest BCUT2D eigenvalue weighted by atomic mass is 19.1. The van der Waals surface area contributed by atoms with E-state index in [4.69, 9.17) is 18.9 Å². The van der Waals surface area contributed by atoms with Crippen molar-refractivity contribution in [3.05, 3.63) is 83.0 Å². The van der Waals surface area contributed by atoms with Crippen LogP contribution in [0.3, 0.4) is 0 Å². The van der Waals surface area contributed by atoms with Gasteiger partial charge in [0.25, 0.3) is 0 Å².